The van der Waals surface area contributed by atoms with Gasteiger partial charge in [-0.05, 0) is 45.0 Å². The fraction of sp³-hybridized carbons (Fsp3) is 0.636. The maximum absolute atomic E-state index is 2.56. The molecule has 0 bridgehead atoms. The molecule has 1 unspecified atom stereocenters. The van der Waals surface area contributed by atoms with E-state index in [4.69, 9.17) is 0 Å². The monoisotopic (exact) mass is 178 g/mol. The molecule has 1 aliphatic heterocycles. The smallest absolute Gasteiger partial charge is 0.0429 e. The molecule has 1 aromatic heterocycles. The minimum absolute atomic E-state index is 0.619. The van der Waals surface area contributed by atoms with Gasteiger partial charge >= 0.3 is 0 Å². The van der Waals surface area contributed by atoms with Crippen LogP contribution in [0, 0.1) is 0 Å². The molecule has 2 heteroatoms. The molecule has 0 aromatic carbocycles. The number of rotatable bonds is 3. The lowest BCUT2D eigenvalue weighted by atomic mass is 10.3. The van der Waals surface area contributed by atoms with Crippen LogP contribution in [-0.2, 0) is 0 Å². The third-order valence-corrected chi connectivity index (χ3v) is 2.86. The number of hydrogen-bond acceptors (Lipinski definition) is 1. The van der Waals surface area contributed by atoms with Gasteiger partial charge in [-0.2, -0.15) is 0 Å². The molecule has 0 radical (unpaired) electrons. The van der Waals surface area contributed by atoms with Crippen molar-refractivity contribution in [2.45, 2.75) is 25.8 Å². The lowest BCUT2D eigenvalue weighted by Gasteiger charge is -2.21. The average Bonchev–Trinajstić information content (AvgIpc) is 2.74. The lowest BCUT2D eigenvalue weighted by molar-refractivity contribution is 0.288. The minimum Gasteiger partial charge on any atom is -0.350 e. The second kappa shape index (κ2) is 3.97. The van der Waals surface area contributed by atoms with E-state index in [2.05, 4.69) is 40.9 Å². The Morgan fingerprint density at radius 1 is 1.15 bits per heavy atom. The molecular weight excluding hydrogens is 160 g/mol. The van der Waals surface area contributed by atoms with Crippen molar-refractivity contribution >= 4 is 0 Å². The molecule has 2 rings (SSSR count). The van der Waals surface area contributed by atoms with Gasteiger partial charge in [0.05, 0.1) is 0 Å². The predicted molar refractivity (Wildman–Crippen MR) is 54.8 cm³/mol. The average molecular weight is 178 g/mol. The van der Waals surface area contributed by atoms with Gasteiger partial charge in [-0.15, -0.1) is 0 Å². The van der Waals surface area contributed by atoms with E-state index in [0.717, 1.165) is 0 Å². The van der Waals surface area contributed by atoms with Gasteiger partial charge < -0.3 is 9.47 Å². The predicted octanol–water partition coefficient (Wildman–Crippen LogP) is 2.14. The summed E-state index contributed by atoms with van der Waals surface area (Å²) in [4.78, 5) is 2.56. The Balaban J connectivity index is 1.87. The second-order valence-corrected chi connectivity index (χ2v) is 3.99. The molecule has 72 valence electrons. The number of nitrogens with zero attached hydrogens (tertiary/aromatic N) is 2. The number of likely N-dealkylation sites (tertiary alicyclic amines) is 1. The van der Waals surface area contributed by atoms with Crippen molar-refractivity contribution in [1.29, 1.82) is 0 Å². The highest BCUT2D eigenvalue weighted by Crippen LogP contribution is 2.13. The van der Waals surface area contributed by atoms with Gasteiger partial charge in [0.2, 0.25) is 0 Å². The van der Waals surface area contributed by atoms with E-state index in [1.165, 1.54) is 32.5 Å². The quantitative estimate of drug-likeness (QED) is 0.688. The van der Waals surface area contributed by atoms with E-state index in [9.17, 15) is 0 Å². The van der Waals surface area contributed by atoms with Crippen LogP contribution >= 0.6 is 0 Å². The molecule has 2 nitrogen and oxygen atoms in total. The van der Waals surface area contributed by atoms with Gasteiger partial charge in [0.15, 0.2) is 0 Å². The Hall–Kier alpha value is -0.760. The summed E-state index contributed by atoms with van der Waals surface area (Å²) >= 11 is 0. The maximum atomic E-state index is 2.56. The Morgan fingerprint density at radius 2 is 1.77 bits per heavy atom. The molecule has 1 aliphatic rings. The van der Waals surface area contributed by atoms with Crippen molar-refractivity contribution in [1.82, 2.24) is 9.47 Å². The standard InChI is InChI=1S/C11H18N2/c1-11(13-8-4-5-9-13)10-12-6-2-3-7-12/h4-5,8-9,11H,2-3,6-7,10H2,1H3. The minimum atomic E-state index is 0.619. The summed E-state index contributed by atoms with van der Waals surface area (Å²) in [5.74, 6) is 0. The Bertz CT molecular complexity index is 235. The molecule has 1 fully saturated rings. The molecule has 2 heterocycles. The second-order valence-electron chi connectivity index (χ2n) is 3.99. The van der Waals surface area contributed by atoms with E-state index in [1.807, 2.05) is 0 Å². The molecule has 0 spiro atoms. The lowest BCUT2D eigenvalue weighted by Crippen LogP contribution is -2.26. The SMILES string of the molecule is CC(CN1CCCC1)n1cccc1. The van der Waals surface area contributed by atoms with Crippen LogP contribution in [0.5, 0.6) is 0 Å². The van der Waals surface area contributed by atoms with E-state index < -0.39 is 0 Å². The molecule has 1 saturated heterocycles. The Labute approximate surface area is 80.2 Å². The summed E-state index contributed by atoms with van der Waals surface area (Å²) in [5.41, 5.74) is 0. The van der Waals surface area contributed by atoms with Gasteiger partial charge in [0.25, 0.3) is 0 Å². The fourth-order valence-corrected chi connectivity index (χ4v) is 2.07. The van der Waals surface area contributed by atoms with Crippen molar-refractivity contribution < 1.29 is 0 Å². The molecule has 13 heavy (non-hydrogen) atoms. The topological polar surface area (TPSA) is 8.17 Å². The molecular formula is C11H18N2. The Morgan fingerprint density at radius 3 is 2.38 bits per heavy atom. The normalized spacial score (nSPS) is 20.7. The van der Waals surface area contributed by atoms with E-state index in [0.29, 0.717) is 6.04 Å². The van der Waals surface area contributed by atoms with Crippen LogP contribution in [-0.4, -0.2) is 29.1 Å². The van der Waals surface area contributed by atoms with Crippen molar-refractivity contribution in [2.24, 2.45) is 0 Å². The van der Waals surface area contributed by atoms with Crippen LogP contribution in [0.3, 0.4) is 0 Å². The fourth-order valence-electron chi connectivity index (χ4n) is 2.07. The summed E-state index contributed by atoms with van der Waals surface area (Å²) in [5, 5.41) is 0. The largest absolute Gasteiger partial charge is 0.350 e. The van der Waals surface area contributed by atoms with Crippen LogP contribution in [0.2, 0.25) is 0 Å². The first-order chi connectivity index (χ1) is 6.36. The molecule has 1 atom stereocenters. The highest BCUT2D eigenvalue weighted by atomic mass is 15.2. The van der Waals surface area contributed by atoms with Crippen molar-refractivity contribution in [3.8, 4) is 0 Å². The van der Waals surface area contributed by atoms with Gasteiger partial charge in [-0.25, -0.2) is 0 Å². The first-order valence-electron chi connectivity index (χ1n) is 5.21. The van der Waals surface area contributed by atoms with Crippen LogP contribution in [0.1, 0.15) is 25.8 Å². The van der Waals surface area contributed by atoms with Gasteiger partial charge in [-0.1, -0.05) is 0 Å². The van der Waals surface area contributed by atoms with Gasteiger partial charge in [0, 0.05) is 25.0 Å². The summed E-state index contributed by atoms with van der Waals surface area (Å²) in [6.07, 6.45) is 7.08. The molecule has 0 N–H and O–H groups in total. The summed E-state index contributed by atoms with van der Waals surface area (Å²) in [6, 6.07) is 4.81. The first kappa shape index (κ1) is 8.82. The van der Waals surface area contributed by atoms with Crippen LogP contribution in [0.25, 0.3) is 0 Å². The van der Waals surface area contributed by atoms with Crippen molar-refractivity contribution in [3.05, 3.63) is 24.5 Å². The molecule has 0 aliphatic carbocycles. The highest BCUT2D eigenvalue weighted by molar-refractivity contribution is 4.93. The number of hydrogen-bond donors (Lipinski definition) is 0. The van der Waals surface area contributed by atoms with Gasteiger partial charge in [-0.3, -0.25) is 0 Å². The van der Waals surface area contributed by atoms with Crippen LogP contribution < -0.4 is 0 Å². The molecule has 0 amide bonds. The maximum Gasteiger partial charge on any atom is 0.0429 e. The van der Waals surface area contributed by atoms with Crippen molar-refractivity contribution in [3.63, 3.8) is 0 Å². The number of aromatic nitrogens is 1. The van der Waals surface area contributed by atoms with Crippen LogP contribution in [0.4, 0.5) is 0 Å². The summed E-state index contributed by atoms with van der Waals surface area (Å²) < 4.78 is 2.29. The Kier molecular flexibility index (Phi) is 2.69. The summed E-state index contributed by atoms with van der Waals surface area (Å²) in [7, 11) is 0. The third kappa shape index (κ3) is 2.13. The summed E-state index contributed by atoms with van der Waals surface area (Å²) in [6.45, 7) is 6.09. The first-order valence-corrected chi connectivity index (χ1v) is 5.21. The van der Waals surface area contributed by atoms with E-state index in [-0.39, 0.29) is 0 Å². The zero-order valence-electron chi connectivity index (χ0n) is 8.32. The molecule has 0 saturated carbocycles. The van der Waals surface area contributed by atoms with E-state index in [1.54, 1.807) is 0 Å². The molecule has 1 aromatic rings. The highest BCUT2D eigenvalue weighted by Gasteiger charge is 2.14. The zero-order valence-corrected chi connectivity index (χ0v) is 8.32. The zero-order chi connectivity index (χ0) is 9.10. The van der Waals surface area contributed by atoms with Crippen LogP contribution in [0.15, 0.2) is 24.5 Å². The van der Waals surface area contributed by atoms with Gasteiger partial charge in [0.1, 0.15) is 0 Å². The van der Waals surface area contributed by atoms with E-state index >= 15 is 0 Å². The van der Waals surface area contributed by atoms with Crippen molar-refractivity contribution in [2.75, 3.05) is 19.6 Å². The third-order valence-electron chi connectivity index (χ3n) is 2.86.